The third kappa shape index (κ3) is 4.60. The van der Waals surface area contributed by atoms with E-state index in [4.69, 9.17) is 0 Å². The number of rotatable bonds is 7. The van der Waals surface area contributed by atoms with Gasteiger partial charge in [0.25, 0.3) is 0 Å². The first-order valence-corrected chi connectivity index (χ1v) is 9.89. The summed E-state index contributed by atoms with van der Waals surface area (Å²) in [5, 5.41) is 3.09. The first-order valence-electron chi connectivity index (χ1n) is 9.89. The Labute approximate surface area is 167 Å². The predicted octanol–water partition coefficient (Wildman–Crippen LogP) is 2.84. The first kappa shape index (κ1) is 20.1. The highest BCUT2D eigenvalue weighted by Crippen LogP contribution is 2.38. The minimum atomic E-state index is -0.243. The van der Waals surface area contributed by atoms with Crippen LogP contribution in [0.5, 0.6) is 0 Å². The lowest BCUT2D eigenvalue weighted by molar-refractivity contribution is -0.148. The summed E-state index contributed by atoms with van der Waals surface area (Å²) in [5.41, 5.74) is 2.10. The number of hydrogen-bond acceptors (Lipinski definition) is 3. The summed E-state index contributed by atoms with van der Waals surface area (Å²) >= 11 is 0. The second-order valence-electron chi connectivity index (χ2n) is 7.37. The van der Waals surface area contributed by atoms with Gasteiger partial charge in [-0.05, 0) is 24.6 Å². The highest BCUT2D eigenvalue weighted by atomic mass is 16.2. The monoisotopic (exact) mass is 379 g/mol. The Hall–Kier alpha value is -2.66. The quantitative estimate of drug-likeness (QED) is 0.805. The van der Waals surface area contributed by atoms with Crippen molar-refractivity contribution in [2.24, 2.45) is 5.92 Å². The van der Waals surface area contributed by atoms with E-state index in [0.717, 1.165) is 17.7 Å². The number of nitrogens with one attached hydrogen (secondary N) is 1. The maximum Gasteiger partial charge on any atom is 0.227 e. The Morgan fingerprint density at radius 3 is 2.39 bits per heavy atom. The Morgan fingerprint density at radius 2 is 1.75 bits per heavy atom. The van der Waals surface area contributed by atoms with Crippen LogP contribution in [-0.2, 0) is 16.1 Å². The molecule has 2 amide bonds. The Morgan fingerprint density at radius 1 is 1.11 bits per heavy atom. The molecule has 2 atom stereocenters. The standard InChI is InChI=1S/C23H29N3O2/c1-24-15-16-25(2)23(28)20-13-14-21(27)26(17-18-9-5-3-6-10-18)22(20)19-11-7-4-8-12-19/h3-12,20,22,24H,13-17H2,1-2H3. The summed E-state index contributed by atoms with van der Waals surface area (Å²) < 4.78 is 0. The summed E-state index contributed by atoms with van der Waals surface area (Å²) in [6.07, 6.45) is 0.999. The van der Waals surface area contributed by atoms with E-state index < -0.39 is 0 Å². The highest BCUT2D eigenvalue weighted by molar-refractivity contribution is 5.85. The number of likely N-dealkylation sites (tertiary alicyclic amines) is 1. The summed E-state index contributed by atoms with van der Waals surface area (Å²) in [5.74, 6) is -0.0139. The number of piperidine rings is 1. The number of hydrogen-bond donors (Lipinski definition) is 1. The van der Waals surface area contributed by atoms with Gasteiger partial charge in [-0.1, -0.05) is 60.7 Å². The van der Waals surface area contributed by atoms with Crippen LogP contribution in [0.4, 0.5) is 0 Å². The molecule has 1 fully saturated rings. The summed E-state index contributed by atoms with van der Waals surface area (Å²) in [6, 6.07) is 19.7. The van der Waals surface area contributed by atoms with E-state index in [1.165, 1.54) is 0 Å². The Bertz CT molecular complexity index is 779. The van der Waals surface area contributed by atoms with E-state index in [9.17, 15) is 9.59 Å². The summed E-state index contributed by atoms with van der Waals surface area (Å²) in [4.78, 5) is 29.8. The van der Waals surface area contributed by atoms with Crippen molar-refractivity contribution >= 4 is 11.8 Å². The average Bonchev–Trinajstić information content (AvgIpc) is 2.74. The van der Waals surface area contributed by atoms with E-state index >= 15 is 0 Å². The lowest BCUT2D eigenvalue weighted by Gasteiger charge is -2.42. The average molecular weight is 380 g/mol. The molecule has 0 saturated carbocycles. The molecule has 0 spiro atoms. The van der Waals surface area contributed by atoms with Crippen LogP contribution >= 0.6 is 0 Å². The molecule has 0 aromatic heterocycles. The normalized spacial score (nSPS) is 19.5. The van der Waals surface area contributed by atoms with Crippen molar-refractivity contribution in [3.63, 3.8) is 0 Å². The maximum atomic E-state index is 13.3. The largest absolute Gasteiger partial charge is 0.344 e. The lowest BCUT2D eigenvalue weighted by atomic mass is 9.83. The van der Waals surface area contributed by atoms with Crippen LogP contribution in [0, 0.1) is 5.92 Å². The number of amides is 2. The van der Waals surface area contributed by atoms with Crippen LogP contribution in [-0.4, -0.2) is 48.8 Å². The summed E-state index contributed by atoms with van der Waals surface area (Å²) in [7, 11) is 3.73. The third-order valence-corrected chi connectivity index (χ3v) is 5.43. The molecule has 1 aliphatic heterocycles. The fourth-order valence-electron chi connectivity index (χ4n) is 3.91. The minimum Gasteiger partial charge on any atom is -0.344 e. The van der Waals surface area contributed by atoms with E-state index in [2.05, 4.69) is 5.32 Å². The molecule has 1 N–H and O–H groups in total. The van der Waals surface area contributed by atoms with Crippen LogP contribution in [0.1, 0.15) is 30.0 Å². The number of benzene rings is 2. The van der Waals surface area contributed by atoms with Crippen LogP contribution < -0.4 is 5.32 Å². The van der Waals surface area contributed by atoms with Gasteiger partial charge in [0, 0.05) is 33.1 Å². The molecule has 3 rings (SSSR count). The van der Waals surface area contributed by atoms with E-state index in [1.807, 2.05) is 79.7 Å². The summed E-state index contributed by atoms with van der Waals surface area (Å²) in [6.45, 7) is 1.92. The van der Waals surface area contributed by atoms with Crippen molar-refractivity contribution in [3.8, 4) is 0 Å². The molecule has 1 heterocycles. The van der Waals surface area contributed by atoms with Gasteiger partial charge < -0.3 is 15.1 Å². The fourth-order valence-corrected chi connectivity index (χ4v) is 3.91. The molecule has 5 heteroatoms. The lowest BCUT2D eigenvalue weighted by Crippen LogP contribution is -2.48. The van der Waals surface area contributed by atoms with Gasteiger partial charge in [-0.3, -0.25) is 9.59 Å². The zero-order valence-corrected chi connectivity index (χ0v) is 16.7. The smallest absolute Gasteiger partial charge is 0.227 e. The van der Waals surface area contributed by atoms with Crippen LogP contribution in [0.3, 0.4) is 0 Å². The SMILES string of the molecule is CNCCN(C)C(=O)C1CCC(=O)N(Cc2ccccc2)C1c1ccccc1. The van der Waals surface area contributed by atoms with Gasteiger partial charge in [-0.15, -0.1) is 0 Å². The second kappa shape index (κ2) is 9.51. The molecule has 0 bridgehead atoms. The van der Waals surface area contributed by atoms with Crippen molar-refractivity contribution in [1.82, 2.24) is 15.1 Å². The van der Waals surface area contributed by atoms with Crippen LogP contribution in [0.25, 0.3) is 0 Å². The van der Waals surface area contributed by atoms with Crippen molar-refractivity contribution in [1.29, 1.82) is 0 Å². The van der Waals surface area contributed by atoms with Crippen molar-refractivity contribution in [2.45, 2.75) is 25.4 Å². The molecular formula is C23H29N3O2. The Kier molecular flexibility index (Phi) is 6.82. The zero-order valence-electron chi connectivity index (χ0n) is 16.7. The maximum absolute atomic E-state index is 13.3. The molecule has 2 aromatic carbocycles. The van der Waals surface area contributed by atoms with Crippen LogP contribution in [0.15, 0.2) is 60.7 Å². The van der Waals surface area contributed by atoms with E-state index in [0.29, 0.717) is 25.9 Å². The zero-order chi connectivity index (χ0) is 19.9. The van der Waals surface area contributed by atoms with Crippen molar-refractivity contribution in [3.05, 3.63) is 71.8 Å². The molecule has 5 nitrogen and oxygen atoms in total. The molecular weight excluding hydrogens is 350 g/mol. The molecule has 0 radical (unpaired) electrons. The Balaban J connectivity index is 1.92. The van der Waals surface area contributed by atoms with E-state index in [1.54, 1.807) is 4.90 Å². The topological polar surface area (TPSA) is 52.7 Å². The van der Waals surface area contributed by atoms with E-state index in [-0.39, 0.29) is 23.8 Å². The van der Waals surface area contributed by atoms with Crippen molar-refractivity contribution in [2.75, 3.05) is 27.2 Å². The molecule has 28 heavy (non-hydrogen) atoms. The molecule has 2 aromatic rings. The minimum absolute atomic E-state index is 0.106. The third-order valence-electron chi connectivity index (χ3n) is 5.43. The van der Waals surface area contributed by atoms with Crippen molar-refractivity contribution < 1.29 is 9.59 Å². The second-order valence-corrected chi connectivity index (χ2v) is 7.37. The number of nitrogens with zero attached hydrogens (tertiary/aromatic N) is 2. The number of carbonyl (C=O) groups is 2. The predicted molar refractivity (Wildman–Crippen MR) is 110 cm³/mol. The number of carbonyl (C=O) groups excluding carboxylic acids is 2. The van der Waals surface area contributed by atoms with Gasteiger partial charge in [0.15, 0.2) is 0 Å². The number of likely N-dealkylation sites (N-methyl/N-ethyl adjacent to an activating group) is 2. The molecule has 1 aliphatic rings. The fraction of sp³-hybridized carbons (Fsp3) is 0.391. The van der Waals surface area contributed by atoms with Gasteiger partial charge in [-0.25, -0.2) is 0 Å². The molecule has 2 unspecified atom stereocenters. The van der Waals surface area contributed by atoms with Gasteiger partial charge in [-0.2, -0.15) is 0 Å². The molecule has 0 aliphatic carbocycles. The first-order chi connectivity index (χ1) is 13.6. The van der Waals surface area contributed by atoms with Gasteiger partial charge in [0.2, 0.25) is 11.8 Å². The van der Waals surface area contributed by atoms with Gasteiger partial charge in [0.1, 0.15) is 0 Å². The highest BCUT2D eigenvalue weighted by Gasteiger charge is 2.41. The van der Waals surface area contributed by atoms with Gasteiger partial charge >= 0.3 is 0 Å². The molecule has 148 valence electrons. The molecule has 1 saturated heterocycles. The van der Waals surface area contributed by atoms with Crippen LogP contribution in [0.2, 0.25) is 0 Å². The van der Waals surface area contributed by atoms with Gasteiger partial charge in [0.05, 0.1) is 12.0 Å².